The normalized spacial score (nSPS) is 13.0. The highest BCUT2D eigenvalue weighted by Gasteiger charge is 2.38. The maximum atomic E-state index is 12.2. The van der Waals surface area contributed by atoms with Gasteiger partial charge in [-0.3, -0.25) is 9.59 Å². The van der Waals surface area contributed by atoms with E-state index < -0.39 is 17.8 Å². The van der Waals surface area contributed by atoms with Crippen LogP contribution in [0.2, 0.25) is 0 Å². The highest BCUT2D eigenvalue weighted by Crippen LogP contribution is 2.23. The zero-order valence-electron chi connectivity index (χ0n) is 12.4. The number of methoxy groups -OCH3 is 1. The van der Waals surface area contributed by atoms with Crippen molar-refractivity contribution in [2.45, 2.75) is 6.92 Å². The molecule has 116 valence electrons. The fourth-order valence-corrected chi connectivity index (χ4v) is 2.25. The van der Waals surface area contributed by atoms with Crippen LogP contribution in [0, 0.1) is 6.92 Å². The van der Waals surface area contributed by atoms with E-state index in [-0.39, 0.29) is 22.6 Å². The predicted octanol–water partition coefficient (Wildman–Crippen LogP) is 1.77. The van der Waals surface area contributed by atoms with Gasteiger partial charge in [0.25, 0.3) is 11.8 Å². The van der Waals surface area contributed by atoms with E-state index in [2.05, 4.69) is 4.98 Å². The summed E-state index contributed by atoms with van der Waals surface area (Å²) in [7, 11) is 1.42. The van der Waals surface area contributed by atoms with Crippen LogP contribution < -0.4 is 4.74 Å². The standard InChI is InChI=1S/C16H12N2O5/c1-9-7-10(8-13(17-9)22-2)16(21)23-18-14(19)11-5-3-4-6-12(11)15(18)20/h3-8H,1-2H3. The first-order chi connectivity index (χ1) is 11.0. The number of fused-ring (bicyclic) bond motifs is 1. The molecule has 23 heavy (non-hydrogen) atoms. The van der Waals surface area contributed by atoms with Gasteiger partial charge in [-0.15, -0.1) is 0 Å². The lowest BCUT2D eigenvalue weighted by Gasteiger charge is -2.13. The van der Waals surface area contributed by atoms with E-state index in [4.69, 9.17) is 9.57 Å². The Hall–Kier alpha value is -3.22. The van der Waals surface area contributed by atoms with Gasteiger partial charge in [0.1, 0.15) is 0 Å². The van der Waals surface area contributed by atoms with E-state index in [1.165, 1.54) is 31.4 Å². The summed E-state index contributed by atoms with van der Waals surface area (Å²) in [5.41, 5.74) is 1.08. The van der Waals surface area contributed by atoms with Gasteiger partial charge >= 0.3 is 5.97 Å². The number of rotatable bonds is 3. The van der Waals surface area contributed by atoms with Crippen molar-refractivity contribution in [3.63, 3.8) is 0 Å². The molecule has 0 saturated carbocycles. The first-order valence-corrected chi connectivity index (χ1v) is 6.74. The number of hydroxylamine groups is 2. The molecule has 2 amide bonds. The third-order valence-corrected chi connectivity index (χ3v) is 3.31. The minimum Gasteiger partial charge on any atom is -0.481 e. The van der Waals surface area contributed by atoms with Gasteiger partial charge in [-0.1, -0.05) is 17.2 Å². The number of benzene rings is 1. The number of amides is 2. The van der Waals surface area contributed by atoms with Gasteiger partial charge in [-0.05, 0) is 25.1 Å². The Bertz CT molecular complexity index is 796. The second-order valence-electron chi connectivity index (χ2n) is 4.87. The second-order valence-corrected chi connectivity index (χ2v) is 4.87. The molecule has 1 aliphatic heterocycles. The van der Waals surface area contributed by atoms with E-state index in [0.717, 1.165) is 0 Å². The van der Waals surface area contributed by atoms with E-state index in [1.54, 1.807) is 19.1 Å². The topological polar surface area (TPSA) is 85.8 Å². The highest BCUT2D eigenvalue weighted by molar-refractivity contribution is 6.21. The number of hydrogen-bond donors (Lipinski definition) is 0. The minimum absolute atomic E-state index is 0.130. The smallest absolute Gasteiger partial charge is 0.364 e. The fraction of sp³-hybridized carbons (Fsp3) is 0.125. The van der Waals surface area contributed by atoms with Gasteiger partial charge in [-0.25, -0.2) is 9.78 Å². The van der Waals surface area contributed by atoms with Crippen LogP contribution in [-0.4, -0.2) is 34.9 Å². The van der Waals surface area contributed by atoms with Gasteiger partial charge < -0.3 is 9.57 Å². The van der Waals surface area contributed by atoms with Gasteiger partial charge in [0.05, 0.1) is 23.8 Å². The molecule has 1 aliphatic rings. The monoisotopic (exact) mass is 312 g/mol. The molecule has 0 atom stereocenters. The van der Waals surface area contributed by atoms with Gasteiger partial charge in [0, 0.05) is 11.8 Å². The summed E-state index contributed by atoms with van der Waals surface area (Å²) in [6.45, 7) is 1.68. The number of hydrogen-bond acceptors (Lipinski definition) is 6. The number of carbonyl (C=O) groups is 3. The quantitative estimate of drug-likeness (QED) is 0.803. The third kappa shape index (κ3) is 2.52. The molecule has 0 radical (unpaired) electrons. The molecule has 7 heteroatoms. The van der Waals surface area contributed by atoms with E-state index >= 15 is 0 Å². The zero-order chi connectivity index (χ0) is 16.6. The molecule has 0 spiro atoms. The van der Waals surface area contributed by atoms with Crippen molar-refractivity contribution >= 4 is 17.8 Å². The molecule has 2 heterocycles. The third-order valence-electron chi connectivity index (χ3n) is 3.31. The van der Waals surface area contributed by atoms with Gasteiger partial charge in [0.2, 0.25) is 5.88 Å². The Kier molecular flexibility index (Phi) is 3.53. The van der Waals surface area contributed by atoms with Crippen LogP contribution >= 0.6 is 0 Å². The van der Waals surface area contributed by atoms with Crippen molar-refractivity contribution in [1.29, 1.82) is 0 Å². The van der Waals surface area contributed by atoms with Crippen molar-refractivity contribution in [2.75, 3.05) is 7.11 Å². The lowest BCUT2D eigenvalue weighted by Crippen LogP contribution is -2.32. The fourth-order valence-electron chi connectivity index (χ4n) is 2.25. The number of nitrogens with zero attached hydrogens (tertiary/aromatic N) is 2. The van der Waals surface area contributed by atoms with Crippen molar-refractivity contribution in [2.24, 2.45) is 0 Å². The molecular formula is C16H12N2O5. The molecule has 0 aliphatic carbocycles. The van der Waals surface area contributed by atoms with Crippen LogP contribution in [0.25, 0.3) is 0 Å². The lowest BCUT2D eigenvalue weighted by molar-refractivity contribution is -0.0584. The summed E-state index contributed by atoms with van der Waals surface area (Å²) < 4.78 is 4.98. The summed E-state index contributed by atoms with van der Waals surface area (Å²) in [6.07, 6.45) is 0. The van der Waals surface area contributed by atoms with E-state index in [0.29, 0.717) is 10.8 Å². The van der Waals surface area contributed by atoms with Crippen molar-refractivity contribution < 1.29 is 24.0 Å². The average molecular weight is 312 g/mol. The Morgan fingerprint density at radius 1 is 1.09 bits per heavy atom. The summed E-state index contributed by atoms with van der Waals surface area (Å²) >= 11 is 0. The maximum Gasteiger partial charge on any atom is 0.364 e. The Labute approximate surface area is 131 Å². The van der Waals surface area contributed by atoms with Crippen molar-refractivity contribution in [3.8, 4) is 5.88 Å². The lowest BCUT2D eigenvalue weighted by atomic mass is 10.1. The van der Waals surface area contributed by atoms with E-state index in [9.17, 15) is 14.4 Å². The van der Waals surface area contributed by atoms with Crippen LogP contribution in [0.15, 0.2) is 36.4 Å². The SMILES string of the molecule is COc1cc(C(=O)ON2C(=O)c3ccccc3C2=O)cc(C)n1. The van der Waals surface area contributed by atoms with Crippen LogP contribution in [0.3, 0.4) is 0 Å². The Morgan fingerprint density at radius 3 is 2.26 bits per heavy atom. The molecule has 0 unspecified atom stereocenters. The van der Waals surface area contributed by atoms with Crippen LogP contribution in [0.4, 0.5) is 0 Å². The molecule has 0 fully saturated rings. The number of pyridine rings is 1. The number of aryl methyl sites for hydroxylation is 1. The molecule has 0 saturated heterocycles. The van der Waals surface area contributed by atoms with Crippen molar-refractivity contribution in [1.82, 2.24) is 10.0 Å². The molecular weight excluding hydrogens is 300 g/mol. The van der Waals surface area contributed by atoms with E-state index in [1.807, 2.05) is 0 Å². The van der Waals surface area contributed by atoms with Crippen molar-refractivity contribution in [3.05, 3.63) is 58.8 Å². The summed E-state index contributed by atoms with van der Waals surface area (Å²) in [6, 6.07) is 9.11. The molecule has 2 aromatic rings. The number of imide groups is 1. The Balaban J connectivity index is 1.86. The molecule has 0 bridgehead atoms. The molecule has 1 aromatic carbocycles. The first kappa shape index (κ1) is 14.7. The van der Waals surface area contributed by atoms with Gasteiger partial charge in [-0.2, -0.15) is 0 Å². The molecule has 1 aromatic heterocycles. The average Bonchev–Trinajstić information content (AvgIpc) is 2.79. The maximum absolute atomic E-state index is 12.2. The minimum atomic E-state index is -0.844. The van der Waals surface area contributed by atoms with Gasteiger partial charge in [0.15, 0.2) is 0 Å². The number of aromatic nitrogens is 1. The summed E-state index contributed by atoms with van der Waals surface area (Å²) in [4.78, 5) is 45.5. The van der Waals surface area contributed by atoms with Crippen LogP contribution in [0.5, 0.6) is 5.88 Å². The first-order valence-electron chi connectivity index (χ1n) is 6.74. The second kappa shape index (κ2) is 5.53. The summed E-state index contributed by atoms with van der Waals surface area (Å²) in [5.74, 6) is -1.95. The molecule has 0 N–H and O–H groups in total. The highest BCUT2D eigenvalue weighted by atomic mass is 16.7. The molecule has 3 rings (SSSR count). The Morgan fingerprint density at radius 2 is 1.70 bits per heavy atom. The number of carbonyl (C=O) groups excluding carboxylic acids is 3. The number of ether oxygens (including phenoxy) is 1. The predicted molar refractivity (Wildman–Crippen MR) is 77.9 cm³/mol. The van der Waals surface area contributed by atoms with Crippen LogP contribution in [0.1, 0.15) is 36.8 Å². The summed E-state index contributed by atoms with van der Waals surface area (Å²) in [5, 5.41) is 0.467. The molecule has 7 nitrogen and oxygen atoms in total. The zero-order valence-corrected chi connectivity index (χ0v) is 12.4. The largest absolute Gasteiger partial charge is 0.481 e. The van der Waals surface area contributed by atoms with Crippen LogP contribution in [-0.2, 0) is 4.84 Å².